The zero-order valence-electron chi connectivity index (χ0n) is 14.5. The molecule has 0 bridgehead atoms. The van der Waals surface area contributed by atoms with E-state index in [-0.39, 0.29) is 36.4 Å². The van der Waals surface area contributed by atoms with E-state index in [2.05, 4.69) is 15.3 Å². The summed E-state index contributed by atoms with van der Waals surface area (Å²) in [5.41, 5.74) is 17.5. The van der Waals surface area contributed by atoms with Crippen LogP contribution in [0, 0.1) is 0 Å². The summed E-state index contributed by atoms with van der Waals surface area (Å²) in [5.74, 6) is -1.37. The van der Waals surface area contributed by atoms with Crippen LogP contribution in [0.3, 0.4) is 0 Å². The molecule has 11 heteroatoms. The van der Waals surface area contributed by atoms with E-state index in [4.69, 9.17) is 21.9 Å². The van der Waals surface area contributed by atoms with Gasteiger partial charge in [-0.05, 0) is 31.2 Å². The van der Waals surface area contributed by atoms with Crippen LogP contribution in [-0.2, 0) is 14.3 Å². The fourth-order valence-corrected chi connectivity index (χ4v) is 2.17. The van der Waals surface area contributed by atoms with E-state index in [1.807, 2.05) is 0 Å². The molecule has 142 valence electrons. The number of nitrogen functional groups attached to an aromatic ring is 3. The monoisotopic (exact) mass is 373 g/mol. The van der Waals surface area contributed by atoms with E-state index in [1.54, 1.807) is 6.92 Å². The summed E-state index contributed by atoms with van der Waals surface area (Å²) in [6.45, 7) is 1.62. The Bertz CT molecular complexity index is 831. The molecular formula is C16H19N7O4. The molecule has 1 heterocycles. The van der Waals surface area contributed by atoms with Crippen molar-refractivity contribution in [1.82, 2.24) is 9.97 Å². The van der Waals surface area contributed by atoms with Gasteiger partial charge in [0.15, 0.2) is 11.6 Å². The van der Waals surface area contributed by atoms with Crippen molar-refractivity contribution < 1.29 is 19.1 Å². The van der Waals surface area contributed by atoms with E-state index in [1.165, 1.54) is 24.3 Å². The minimum absolute atomic E-state index is 0.0118. The lowest BCUT2D eigenvalue weighted by molar-refractivity contribution is -0.116. The highest BCUT2D eigenvalue weighted by Crippen LogP contribution is 2.23. The summed E-state index contributed by atoms with van der Waals surface area (Å²) in [6, 6.07) is 6.02. The quantitative estimate of drug-likeness (QED) is 0.384. The van der Waals surface area contributed by atoms with Crippen molar-refractivity contribution in [2.24, 2.45) is 0 Å². The number of benzene rings is 1. The van der Waals surface area contributed by atoms with Gasteiger partial charge in [0, 0.05) is 5.69 Å². The van der Waals surface area contributed by atoms with Gasteiger partial charge < -0.3 is 32.2 Å². The molecule has 7 N–H and O–H groups in total. The van der Waals surface area contributed by atoms with Crippen molar-refractivity contribution in [2.45, 2.75) is 6.92 Å². The number of amides is 2. The van der Waals surface area contributed by atoms with Crippen LogP contribution in [0.5, 0.6) is 0 Å². The van der Waals surface area contributed by atoms with E-state index in [9.17, 15) is 14.4 Å². The number of carbonyl (C=O) groups is 3. The largest absolute Gasteiger partial charge is 0.462 e. The molecule has 2 rings (SSSR count). The molecule has 0 saturated heterocycles. The van der Waals surface area contributed by atoms with Crippen LogP contribution < -0.4 is 27.4 Å². The molecule has 2 amide bonds. The van der Waals surface area contributed by atoms with Crippen LogP contribution in [0.15, 0.2) is 24.3 Å². The number of nitrogens with two attached hydrogens (primary N) is 3. The van der Waals surface area contributed by atoms with Gasteiger partial charge in [0.05, 0.1) is 12.2 Å². The number of nitrogens with one attached hydrogen (secondary N) is 1. The molecule has 1 aromatic heterocycles. The second kappa shape index (κ2) is 8.47. The van der Waals surface area contributed by atoms with Crippen molar-refractivity contribution >= 4 is 47.2 Å². The third kappa shape index (κ3) is 4.81. The van der Waals surface area contributed by atoms with Crippen LogP contribution >= 0.6 is 0 Å². The lowest BCUT2D eigenvalue weighted by atomic mass is 10.2. The SMILES string of the molecule is CCOC(=O)c1ccc(N(C=O)CC(=O)Nc2c(N)nc(N)nc2N)cc1. The summed E-state index contributed by atoms with van der Waals surface area (Å²) in [5, 5.41) is 2.44. The maximum atomic E-state index is 12.2. The Balaban J connectivity index is 2.09. The third-order valence-electron chi connectivity index (χ3n) is 3.40. The Kier molecular flexibility index (Phi) is 6.10. The number of rotatable bonds is 7. The molecule has 11 nitrogen and oxygen atoms in total. The molecule has 0 aliphatic rings. The first-order valence-electron chi connectivity index (χ1n) is 7.83. The van der Waals surface area contributed by atoms with Crippen molar-refractivity contribution in [1.29, 1.82) is 0 Å². The highest BCUT2D eigenvalue weighted by Gasteiger charge is 2.16. The zero-order chi connectivity index (χ0) is 20.0. The molecule has 0 spiro atoms. The van der Waals surface area contributed by atoms with E-state index in [0.29, 0.717) is 17.7 Å². The van der Waals surface area contributed by atoms with Gasteiger partial charge in [0.25, 0.3) is 0 Å². The van der Waals surface area contributed by atoms with Gasteiger partial charge in [-0.1, -0.05) is 0 Å². The number of ether oxygens (including phenoxy) is 1. The minimum Gasteiger partial charge on any atom is -0.462 e. The smallest absolute Gasteiger partial charge is 0.338 e. The minimum atomic E-state index is -0.580. The molecule has 0 fully saturated rings. The molecule has 0 aliphatic heterocycles. The van der Waals surface area contributed by atoms with E-state index >= 15 is 0 Å². The van der Waals surface area contributed by atoms with Gasteiger partial charge in [-0.15, -0.1) is 0 Å². The zero-order valence-corrected chi connectivity index (χ0v) is 14.5. The molecular weight excluding hydrogens is 354 g/mol. The summed E-state index contributed by atoms with van der Waals surface area (Å²) >= 11 is 0. The van der Waals surface area contributed by atoms with Gasteiger partial charge in [0.1, 0.15) is 12.2 Å². The topological polar surface area (TPSA) is 180 Å². The normalized spacial score (nSPS) is 10.1. The standard InChI is InChI=1S/C16H19N7O4/c1-2-27-15(26)9-3-5-10(6-4-9)23(8-24)7-11(25)20-12-13(17)21-16(19)22-14(12)18/h3-6,8H,2,7H2,1H3,(H,20,25)(H6,17,18,19,21,22). The fourth-order valence-electron chi connectivity index (χ4n) is 2.17. The van der Waals surface area contributed by atoms with E-state index < -0.39 is 11.9 Å². The molecule has 0 atom stereocenters. The van der Waals surface area contributed by atoms with E-state index in [0.717, 1.165) is 4.90 Å². The average Bonchev–Trinajstić information content (AvgIpc) is 2.63. The fraction of sp³-hybridized carbons (Fsp3) is 0.188. The van der Waals surface area contributed by atoms with Gasteiger partial charge >= 0.3 is 5.97 Å². The molecule has 27 heavy (non-hydrogen) atoms. The summed E-state index contributed by atoms with van der Waals surface area (Å²) in [6.07, 6.45) is 0.477. The van der Waals surface area contributed by atoms with Gasteiger partial charge in [0.2, 0.25) is 18.3 Å². The Labute approximate surface area is 154 Å². The number of aromatic nitrogens is 2. The van der Waals surface area contributed by atoms with Crippen molar-refractivity contribution in [2.75, 3.05) is 40.6 Å². The number of nitrogens with zero attached hydrogens (tertiary/aromatic N) is 3. The second-order valence-corrected chi connectivity index (χ2v) is 5.28. The molecule has 1 aromatic carbocycles. The summed E-state index contributed by atoms with van der Waals surface area (Å²) < 4.78 is 4.89. The Hall–Kier alpha value is -3.89. The second-order valence-electron chi connectivity index (χ2n) is 5.28. The molecule has 0 radical (unpaired) electrons. The number of hydrogen-bond acceptors (Lipinski definition) is 9. The van der Waals surface area contributed by atoms with Crippen LogP contribution in [-0.4, -0.2) is 41.4 Å². The first kappa shape index (κ1) is 19.4. The number of anilines is 5. The third-order valence-corrected chi connectivity index (χ3v) is 3.40. The number of hydrogen-bond donors (Lipinski definition) is 4. The highest BCUT2D eigenvalue weighted by molar-refractivity contribution is 6.01. The van der Waals surface area contributed by atoms with Crippen molar-refractivity contribution in [3.05, 3.63) is 29.8 Å². The van der Waals surface area contributed by atoms with Gasteiger partial charge in [-0.25, -0.2) is 4.79 Å². The predicted molar refractivity (Wildman–Crippen MR) is 99.7 cm³/mol. The molecule has 0 unspecified atom stereocenters. The Morgan fingerprint density at radius 3 is 2.26 bits per heavy atom. The molecule has 0 aliphatic carbocycles. The number of esters is 1. The van der Waals surface area contributed by atoms with Crippen LogP contribution in [0.2, 0.25) is 0 Å². The summed E-state index contributed by atoms with van der Waals surface area (Å²) in [4.78, 5) is 43.8. The van der Waals surface area contributed by atoms with Crippen LogP contribution in [0.4, 0.5) is 29.0 Å². The van der Waals surface area contributed by atoms with Gasteiger partial charge in [-0.2, -0.15) is 9.97 Å². The Morgan fingerprint density at radius 2 is 1.74 bits per heavy atom. The maximum Gasteiger partial charge on any atom is 0.338 e. The number of carbonyl (C=O) groups excluding carboxylic acids is 3. The van der Waals surface area contributed by atoms with Gasteiger partial charge in [-0.3, -0.25) is 9.59 Å². The molecule has 2 aromatic rings. The first-order chi connectivity index (χ1) is 12.8. The van der Waals surface area contributed by atoms with Crippen molar-refractivity contribution in [3.63, 3.8) is 0 Å². The van der Waals surface area contributed by atoms with Crippen molar-refractivity contribution in [3.8, 4) is 0 Å². The highest BCUT2D eigenvalue weighted by atomic mass is 16.5. The first-order valence-corrected chi connectivity index (χ1v) is 7.83. The lowest BCUT2D eigenvalue weighted by Crippen LogP contribution is -2.32. The Morgan fingerprint density at radius 1 is 1.15 bits per heavy atom. The molecule has 0 saturated carbocycles. The van der Waals surface area contributed by atoms with Crippen LogP contribution in [0.1, 0.15) is 17.3 Å². The lowest BCUT2D eigenvalue weighted by Gasteiger charge is -2.18. The summed E-state index contributed by atoms with van der Waals surface area (Å²) in [7, 11) is 0. The average molecular weight is 373 g/mol. The maximum absolute atomic E-state index is 12.2. The predicted octanol–water partition coefficient (Wildman–Crippen LogP) is 0.00140. The van der Waals surface area contributed by atoms with Crippen LogP contribution in [0.25, 0.3) is 0 Å².